The van der Waals surface area contributed by atoms with E-state index in [-0.39, 0.29) is 0 Å². The molecule has 0 bridgehead atoms. The zero-order valence-corrected chi connectivity index (χ0v) is 10.4. The molecule has 0 aromatic heterocycles. The number of benzene rings is 1. The van der Waals surface area contributed by atoms with Gasteiger partial charge in [-0.1, -0.05) is 64.3 Å². The van der Waals surface area contributed by atoms with Gasteiger partial charge in [0.2, 0.25) is 0 Å². The Balaban J connectivity index is 0.000000153. The Morgan fingerprint density at radius 3 is 1.80 bits per heavy atom. The number of unbranched alkanes of at least 4 members (excludes halogenated alkanes) is 1. The molecular formula is C15H24. The Morgan fingerprint density at radius 1 is 1.07 bits per heavy atom. The van der Waals surface area contributed by atoms with E-state index in [0.29, 0.717) is 0 Å². The van der Waals surface area contributed by atoms with Crippen molar-refractivity contribution in [2.45, 2.75) is 52.9 Å². The predicted octanol–water partition coefficient (Wildman–Crippen LogP) is 4.62. The van der Waals surface area contributed by atoms with Gasteiger partial charge in [0.05, 0.1) is 0 Å². The summed E-state index contributed by atoms with van der Waals surface area (Å²) < 4.78 is 0. The molecule has 0 fully saturated rings. The summed E-state index contributed by atoms with van der Waals surface area (Å²) in [6.07, 6.45) is 6.75. The molecule has 1 aromatic carbocycles. The molecule has 84 valence electrons. The molecule has 0 saturated carbocycles. The minimum atomic E-state index is 0.903. The summed E-state index contributed by atoms with van der Waals surface area (Å²) >= 11 is 0. The molecule has 0 heteroatoms. The topological polar surface area (TPSA) is 0 Å². The summed E-state index contributed by atoms with van der Waals surface area (Å²) in [6, 6.07) is 8.63. The summed E-state index contributed by atoms with van der Waals surface area (Å²) in [6.45, 7) is 6.79. The van der Waals surface area contributed by atoms with Crippen LogP contribution in [0.15, 0.2) is 24.3 Å². The molecule has 0 spiro atoms. The third-order valence-corrected chi connectivity index (χ3v) is 2.92. The Morgan fingerprint density at radius 2 is 1.60 bits per heavy atom. The van der Waals surface area contributed by atoms with Crippen molar-refractivity contribution in [2.75, 3.05) is 0 Å². The Kier molecular flexibility index (Phi) is 5.45. The Hall–Kier alpha value is -0.780. The number of hydrogen-bond acceptors (Lipinski definition) is 0. The molecule has 0 amide bonds. The first-order chi connectivity index (χ1) is 7.24. The molecule has 0 atom stereocenters. The maximum absolute atomic E-state index is 2.27. The van der Waals surface area contributed by atoms with Gasteiger partial charge in [-0.15, -0.1) is 0 Å². The van der Waals surface area contributed by atoms with Crippen molar-refractivity contribution in [2.24, 2.45) is 5.92 Å². The fourth-order valence-corrected chi connectivity index (χ4v) is 1.75. The lowest BCUT2D eigenvalue weighted by Crippen LogP contribution is -2.06. The molecule has 0 N–H and O–H groups in total. The SMILES string of the molecule is CCCCC(C)C.c1ccc2c(c1)CC2. The van der Waals surface area contributed by atoms with E-state index in [1.807, 2.05) is 0 Å². The van der Waals surface area contributed by atoms with E-state index in [9.17, 15) is 0 Å². The number of aryl methyl sites for hydroxylation is 2. The van der Waals surface area contributed by atoms with Crippen LogP contribution in [0.4, 0.5) is 0 Å². The van der Waals surface area contributed by atoms with Crippen molar-refractivity contribution in [3.05, 3.63) is 35.4 Å². The van der Waals surface area contributed by atoms with Crippen molar-refractivity contribution < 1.29 is 0 Å². The largest absolute Gasteiger partial charge is 0.0654 e. The van der Waals surface area contributed by atoms with Gasteiger partial charge in [-0.2, -0.15) is 0 Å². The van der Waals surface area contributed by atoms with Crippen LogP contribution >= 0.6 is 0 Å². The van der Waals surface area contributed by atoms with Crippen LogP contribution < -0.4 is 0 Å². The molecule has 2 rings (SSSR count). The summed E-state index contributed by atoms with van der Waals surface area (Å²) in [5.74, 6) is 0.903. The molecule has 0 unspecified atom stereocenters. The zero-order chi connectivity index (χ0) is 11.1. The van der Waals surface area contributed by atoms with Gasteiger partial charge in [0, 0.05) is 0 Å². The van der Waals surface area contributed by atoms with Gasteiger partial charge in [-0.05, 0) is 29.9 Å². The van der Waals surface area contributed by atoms with Crippen molar-refractivity contribution in [1.29, 1.82) is 0 Å². The van der Waals surface area contributed by atoms with Gasteiger partial charge in [-0.3, -0.25) is 0 Å². The van der Waals surface area contributed by atoms with Gasteiger partial charge in [-0.25, -0.2) is 0 Å². The zero-order valence-electron chi connectivity index (χ0n) is 10.4. The van der Waals surface area contributed by atoms with Crippen LogP contribution in [0.1, 0.15) is 51.2 Å². The highest BCUT2D eigenvalue weighted by molar-refractivity contribution is 5.34. The van der Waals surface area contributed by atoms with E-state index in [4.69, 9.17) is 0 Å². The van der Waals surface area contributed by atoms with E-state index in [1.54, 1.807) is 11.1 Å². The van der Waals surface area contributed by atoms with Crippen LogP contribution in [0.2, 0.25) is 0 Å². The first-order valence-electron chi connectivity index (χ1n) is 6.30. The van der Waals surface area contributed by atoms with E-state index in [1.165, 1.54) is 32.1 Å². The number of rotatable bonds is 3. The van der Waals surface area contributed by atoms with Gasteiger partial charge in [0.25, 0.3) is 0 Å². The summed E-state index contributed by atoms with van der Waals surface area (Å²) in [7, 11) is 0. The second kappa shape index (κ2) is 6.66. The van der Waals surface area contributed by atoms with Crippen LogP contribution in [0, 0.1) is 5.92 Å². The average molecular weight is 204 g/mol. The molecule has 0 radical (unpaired) electrons. The highest BCUT2D eigenvalue weighted by Crippen LogP contribution is 2.20. The van der Waals surface area contributed by atoms with Gasteiger partial charge in [0.1, 0.15) is 0 Å². The smallest absolute Gasteiger partial charge is 0.0235 e. The van der Waals surface area contributed by atoms with Gasteiger partial charge in [0.15, 0.2) is 0 Å². The fraction of sp³-hybridized carbons (Fsp3) is 0.600. The third-order valence-electron chi connectivity index (χ3n) is 2.92. The van der Waals surface area contributed by atoms with Crippen LogP contribution in [-0.4, -0.2) is 0 Å². The first-order valence-corrected chi connectivity index (χ1v) is 6.30. The third kappa shape index (κ3) is 4.51. The molecule has 0 saturated heterocycles. The van der Waals surface area contributed by atoms with Crippen LogP contribution in [0.3, 0.4) is 0 Å². The molecule has 1 aromatic rings. The minimum Gasteiger partial charge on any atom is -0.0654 e. The summed E-state index contributed by atoms with van der Waals surface area (Å²) in [5.41, 5.74) is 3.10. The first kappa shape index (κ1) is 12.3. The monoisotopic (exact) mass is 204 g/mol. The minimum absolute atomic E-state index is 0.903. The molecule has 0 nitrogen and oxygen atoms in total. The van der Waals surface area contributed by atoms with Crippen molar-refractivity contribution in [1.82, 2.24) is 0 Å². The van der Waals surface area contributed by atoms with Crippen LogP contribution in [-0.2, 0) is 12.8 Å². The highest BCUT2D eigenvalue weighted by atomic mass is 14.1. The molecule has 1 aliphatic rings. The second-order valence-corrected chi connectivity index (χ2v) is 4.80. The van der Waals surface area contributed by atoms with E-state index in [2.05, 4.69) is 45.0 Å². The van der Waals surface area contributed by atoms with Gasteiger partial charge < -0.3 is 0 Å². The molecule has 0 aliphatic heterocycles. The van der Waals surface area contributed by atoms with Crippen LogP contribution in [0.5, 0.6) is 0 Å². The second-order valence-electron chi connectivity index (χ2n) is 4.80. The lowest BCUT2D eigenvalue weighted by molar-refractivity contribution is 0.550. The maximum atomic E-state index is 2.27. The summed E-state index contributed by atoms with van der Waals surface area (Å²) in [5, 5.41) is 0. The van der Waals surface area contributed by atoms with E-state index in [0.717, 1.165) is 5.92 Å². The molecular weight excluding hydrogens is 180 g/mol. The van der Waals surface area contributed by atoms with Crippen LogP contribution in [0.25, 0.3) is 0 Å². The van der Waals surface area contributed by atoms with E-state index < -0.39 is 0 Å². The number of fused-ring (bicyclic) bond motifs is 1. The predicted molar refractivity (Wildman–Crippen MR) is 68.2 cm³/mol. The molecule has 0 heterocycles. The Labute approximate surface area is 94.7 Å². The standard InChI is InChI=1S/C8H8.C7H16/c1-2-4-8-6-5-7(8)3-1;1-4-5-6-7(2)3/h1-4H,5-6H2;7H,4-6H2,1-3H3. The highest BCUT2D eigenvalue weighted by Gasteiger charge is 2.09. The lowest BCUT2D eigenvalue weighted by atomic mass is 9.89. The summed E-state index contributed by atoms with van der Waals surface area (Å²) in [4.78, 5) is 0. The van der Waals surface area contributed by atoms with Gasteiger partial charge >= 0.3 is 0 Å². The number of hydrogen-bond donors (Lipinski definition) is 0. The van der Waals surface area contributed by atoms with Crippen molar-refractivity contribution in [3.8, 4) is 0 Å². The molecule has 1 aliphatic carbocycles. The maximum Gasteiger partial charge on any atom is -0.0235 e. The fourth-order valence-electron chi connectivity index (χ4n) is 1.75. The normalized spacial score (nSPS) is 12.5. The van der Waals surface area contributed by atoms with Crippen molar-refractivity contribution in [3.63, 3.8) is 0 Å². The quantitative estimate of drug-likeness (QED) is 0.674. The Bertz CT molecular complexity index is 250. The molecule has 15 heavy (non-hydrogen) atoms. The lowest BCUT2D eigenvalue weighted by Gasteiger charge is -2.16. The average Bonchev–Trinajstić information content (AvgIpc) is 2.18. The van der Waals surface area contributed by atoms with E-state index >= 15 is 0 Å². The van der Waals surface area contributed by atoms with Crippen molar-refractivity contribution >= 4 is 0 Å².